The fourth-order valence-electron chi connectivity index (χ4n) is 6.17. The Morgan fingerprint density at radius 3 is 1.68 bits per heavy atom. The molecule has 0 bridgehead atoms. The Morgan fingerprint density at radius 1 is 0.830 bits per heavy atom. The van der Waals surface area contributed by atoms with E-state index in [1.165, 1.54) is 19.4 Å². The Kier molecular flexibility index (Phi) is 12.0. The van der Waals surface area contributed by atoms with E-state index in [2.05, 4.69) is 4.18 Å². The van der Waals surface area contributed by atoms with Crippen molar-refractivity contribution in [3.05, 3.63) is 78.1 Å². The highest BCUT2D eigenvalue weighted by molar-refractivity contribution is 7.86. The van der Waals surface area contributed by atoms with E-state index in [9.17, 15) is 27.3 Å². The van der Waals surface area contributed by atoms with Crippen LogP contribution in [0.2, 0.25) is 20.1 Å². The maximum atomic E-state index is 12.8. The normalized spacial score (nSPS) is 21.0. The van der Waals surface area contributed by atoms with Crippen molar-refractivity contribution in [1.82, 2.24) is 9.80 Å². The van der Waals surface area contributed by atoms with Crippen molar-refractivity contribution in [2.45, 2.75) is 51.6 Å². The van der Waals surface area contributed by atoms with Gasteiger partial charge < -0.3 is 19.1 Å². The van der Waals surface area contributed by atoms with Crippen LogP contribution in [0.1, 0.15) is 47.9 Å². The van der Waals surface area contributed by atoms with Crippen LogP contribution in [0.3, 0.4) is 0 Å². The number of amides is 2. The minimum Gasteiger partial charge on any atom is -0.509 e. The number of nitrogens with zero attached hydrogens (tertiary/aromatic N) is 2. The monoisotopic (exact) mass is 766 g/mol. The topological polar surface area (TPSA) is 131 Å². The van der Waals surface area contributed by atoms with Crippen LogP contribution < -0.4 is 0 Å². The van der Waals surface area contributed by atoms with E-state index in [1.54, 1.807) is 34.9 Å². The summed E-state index contributed by atoms with van der Waals surface area (Å²) >= 11 is 23.3. The molecule has 2 fully saturated rings. The van der Waals surface area contributed by atoms with E-state index < -0.39 is 21.2 Å². The molecule has 2 aromatic carbocycles. The molecular formula is C31H34Cl4N2O8S2. The van der Waals surface area contributed by atoms with E-state index in [1.807, 2.05) is 6.92 Å². The van der Waals surface area contributed by atoms with Crippen molar-refractivity contribution < 1.29 is 35.7 Å². The molecule has 16 heteroatoms. The minimum absolute atomic E-state index is 0.132. The SMILES string of the molecule is COS(C)=O.Cc1cc(Cl)cc(Cl)c1C1=C(O)C2CCCN2C1=O.Cc1cc(Cl)cc(Cl)c1C1=C(OS(C)(=O)=O)C2CCCN2C1=O. The average Bonchev–Trinajstić information content (AvgIpc) is 3.72. The number of fused-ring (bicyclic) bond motifs is 2. The smallest absolute Gasteiger partial charge is 0.306 e. The highest BCUT2D eigenvalue weighted by Crippen LogP contribution is 2.44. The van der Waals surface area contributed by atoms with Crippen molar-refractivity contribution in [3.63, 3.8) is 0 Å². The summed E-state index contributed by atoms with van der Waals surface area (Å²) in [5.74, 6) is -0.0667. The molecule has 1 N–H and O–H groups in total. The van der Waals surface area contributed by atoms with Gasteiger partial charge in [0.25, 0.3) is 11.8 Å². The van der Waals surface area contributed by atoms with Crippen LogP contribution in [0.4, 0.5) is 0 Å². The molecule has 256 valence electrons. The second-order valence-electron chi connectivity index (χ2n) is 11.3. The van der Waals surface area contributed by atoms with Crippen LogP contribution >= 0.6 is 46.4 Å². The van der Waals surface area contributed by atoms with Gasteiger partial charge in [0.15, 0.2) is 16.8 Å². The van der Waals surface area contributed by atoms with Crippen LogP contribution in [0.25, 0.3) is 11.1 Å². The Bertz CT molecular complexity index is 1770. The summed E-state index contributed by atoms with van der Waals surface area (Å²) in [4.78, 5) is 28.5. The number of aliphatic hydroxyl groups excluding tert-OH is 1. The molecule has 4 heterocycles. The number of hydrogen-bond acceptors (Lipinski definition) is 8. The third kappa shape index (κ3) is 8.12. The van der Waals surface area contributed by atoms with Crippen LogP contribution in [-0.2, 0) is 39.2 Å². The quantitative estimate of drug-likeness (QED) is 0.342. The summed E-state index contributed by atoms with van der Waals surface area (Å²) in [5.41, 5.74) is 3.13. The Balaban J connectivity index is 0.000000189. The number of hydrogen-bond donors (Lipinski definition) is 1. The fraction of sp³-hybridized carbons (Fsp3) is 0.419. The molecule has 0 saturated carbocycles. The molecule has 0 aromatic heterocycles. The standard InChI is InChI=1S/C15H15Cl2NO4S.C14H13Cl2NO2.C2H6O2S/c1-8-6-9(16)7-10(17)12(8)13-14(22-23(2,20)21)11-4-3-5-18(11)15(13)19;1-7-5-8(15)6-9(16)11(7)12-13(18)10-3-2-4-17(10)14(12)19;1-4-5(2)3/h6-7,11H,3-5H2,1-2H3;5-6,10,18H,2-4H2,1H3;1-2H3. The molecule has 2 saturated heterocycles. The number of halogens is 4. The number of benzene rings is 2. The molecule has 2 amide bonds. The predicted molar refractivity (Wildman–Crippen MR) is 185 cm³/mol. The van der Waals surface area contributed by atoms with E-state index in [0.29, 0.717) is 61.9 Å². The minimum atomic E-state index is -3.75. The molecule has 4 aliphatic heterocycles. The Morgan fingerprint density at radius 2 is 1.26 bits per heavy atom. The first kappa shape index (κ1) is 37.5. The lowest BCUT2D eigenvalue weighted by molar-refractivity contribution is -0.124. The van der Waals surface area contributed by atoms with Crippen molar-refractivity contribution in [3.8, 4) is 0 Å². The number of aliphatic hydroxyl groups is 1. The lowest BCUT2D eigenvalue weighted by atomic mass is 9.98. The first-order valence-electron chi connectivity index (χ1n) is 14.4. The number of rotatable bonds is 5. The van der Waals surface area contributed by atoms with Gasteiger partial charge in [0.05, 0.1) is 46.6 Å². The first-order valence-corrected chi connectivity index (χ1v) is 19.3. The van der Waals surface area contributed by atoms with E-state index in [0.717, 1.165) is 31.1 Å². The van der Waals surface area contributed by atoms with Gasteiger partial charge >= 0.3 is 10.1 Å². The van der Waals surface area contributed by atoms with Gasteiger partial charge in [-0.1, -0.05) is 46.4 Å². The third-order valence-corrected chi connectivity index (χ3v) is 10.0. The predicted octanol–water partition coefficient (Wildman–Crippen LogP) is 6.50. The van der Waals surface area contributed by atoms with E-state index in [4.69, 9.17) is 50.6 Å². The third-order valence-electron chi connectivity index (χ3n) is 8.06. The maximum Gasteiger partial charge on any atom is 0.306 e. The van der Waals surface area contributed by atoms with Crippen LogP contribution in [0, 0.1) is 13.8 Å². The molecule has 3 unspecified atom stereocenters. The van der Waals surface area contributed by atoms with Gasteiger partial charge in [0.2, 0.25) is 0 Å². The molecule has 2 aromatic rings. The summed E-state index contributed by atoms with van der Waals surface area (Å²) in [7, 11) is -2.35. The van der Waals surface area contributed by atoms with Crippen LogP contribution in [-0.4, -0.2) is 84.1 Å². The molecule has 0 radical (unpaired) electrons. The Hall–Kier alpha value is -2.32. The Labute approximate surface area is 297 Å². The summed E-state index contributed by atoms with van der Waals surface area (Å²) < 4.78 is 42.4. The van der Waals surface area contributed by atoms with Crippen LogP contribution in [0.15, 0.2) is 35.8 Å². The van der Waals surface area contributed by atoms with Gasteiger partial charge in [0.1, 0.15) is 5.76 Å². The number of carbonyl (C=O) groups excluding carboxylic acids is 2. The molecule has 6 rings (SSSR count). The van der Waals surface area contributed by atoms with Crippen molar-refractivity contribution in [2.24, 2.45) is 0 Å². The maximum absolute atomic E-state index is 12.8. The lowest BCUT2D eigenvalue weighted by Crippen LogP contribution is -2.30. The summed E-state index contributed by atoms with van der Waals surface area (Å²) in [6, 6.07) is 6.05. The molecule has 10 nitrogen and oxygen atoms in total. The van der Waals surface area contributed by atoms with Gasteiger partial charge in [-0.2, -0.15) is 8.42 Å². The van der Waals surface area contributed by atoms with Gasteiger partial charge in [-0.05, 0) is 74.9 Å². The van der Waals surface area contributed by atoms with E-state index >= 15 is 0 Å². The van der Waals surface area contributed by atoms with E-state index in [-0.39, 0.29) is 41.0 Å². The summed E-state index contributed by atoms with van der Waals surface area (Å²) in [6.07, 6.45) is 5.67. The van der Waals surface area contributed by atoms with Gasteiger partial charge in [-0.15, -0.1) is 0 Å². The highest BCUT2D eigenvalue weighted by Gasteiger charge is 2.46. The van der Waals surface area contributed by atoms with Gasteiger partial charge in [-0.3, -0.25) is 13.8 Å². The second-order valence-corrected chi connectivity index (χ2v) is 15.7. The zero-order valence-corrected chi connectivity index (χ0v) is 30.9. The largest absolute Gasteiger partial charge is 0.509 e. The zero-order chi connectivity index (χ0) is 35.0. The average molecular weight is 769 g/mol. The van der Waals surface area contributed by atoms with Crippen molar-refractivity contribution in [2.75, 3.05) is 32.7 Å². The van der Waals surface area contributed by atoms with Crippen LogP contribution in [0.5, 0.6) is 0 Å². The molecular weight excluding hydrogens is 734 g/mol. The molecule has 0 aliphatic carbocycles. The molecule has 47 heavy (non-hydrogen) atoms. The molecule has 4 aliphatic rings. The number of carbonyl (C=O) groups is 2. The first-order chi connectivity index (χ1) is 22.0. The zero-order valence-electron chi connectivity index (χ0n) is 26.2. The second kappa shape index (κ2) is 15.1. The van der Waals surface area contributed by atoms with Gasteiger partial charge in [0, 0.05) is 40.5 Å². The lowest BCUT2D eigenvalue weighted by Gasteiger charge is -2.16. The van der Waals surface area contributed by atoms with Crippen molar-refractivity contribution in [1.29, 1.82) is 0 Å². The van der Waals surface area contributed by atoms with Gasteiger partial charge in [-0.25, -0.2) is 4.21 Å². The fourth-order valence-corrected chi connectivity index (χ4v) is 8.07. The highest BCUT2D eigenvalue weighted by atomic mass is 35.5. The summed E-state index contributed by atoms with van der Waals surface area (Å²) in [6.45, 7) is 4.88. The van der Waals surface area contributed by atoms with Crippen molar-refractivity contribution >= 4 is 90.6 Å². The number of aryl methyl sites for hydroxylation is 2. The molecule has 0 spiro atoms. The molecule has 3 atom stereocenters. The summed E-state index contributed by atoms with van der Waals surface area (Å²) in [5, 5.41) is 12.0.